The summed E-state index contributed by atoms with van der Waals surface area (Å²) in [6.45, 7) is 6.96. The summed E-state index contributed by atoms with van der Waals surface area (Å²) < 4.78 is 7.37. The number of thiophene rings is 2. The molecule has 0 bridgehead atoms. The molecule has 0 aliphatic heterocycles. The molecule has 5 rings (SSSR count). The fourth-order valence-electron chi connectivity index (χ4n) is 4.83. The van der Waals surface area contributed by atoms with E-state index in [1.807, 2.05) is 18.2 Å². The zero-order valence-corrected chi connectivity index (χ0v) is 24.2. The molecule has 0 unspecified atom stereocenters. The van der Waals surface area contributed by atoms with Gasteiger partial charge in [-0.3, -0.25) is 4.79 Å². The van der Waals surface area contributed by atoms with Crippen LogP contribution in [0.2, 0.25) is 0 Å². The fourth-order valence-corrected chi connectivity index (χ4v) is 7.79. The maximum Gasteiger partial charge on any atom is 0.341 e. The van der Waals surface area contributed by atoms with E-state index in [-0.39, 0.29) is 17.6 Å². The number of thioether (sulfide) groups is 1. The minimum Gasteiger partial charge on any atom is -0.462 e. The number of hydrogen-bond acceptors (Lipinski definition) is 8. The summed E-state index contributed by atoms with van der Waals surface area (Å²) in [6.07, 6.45) is 3.93. The van der Waals surface area contributed by atoms with Crippen LogP contribution in [0.15, 0.2) is 40.9 Å². The van der Waals surface area contributed by atoms with Crippen molar-refractivity contribution in [2.45, 2.75) is 58.2 Å². The van der Waals surface area contributed by atoms with Crippen molar-refractivity contribution in [3.8, 4) is 22.5 Å². The first-order valence-electron chi connectivity index (χ1n) is 12.8. The Hall–Kier alpha value is -2.95. The first-order chi connectivity index (χ1) is 18.5. The molecule has 1 aliphatic rings. The van der Waals surface area contributed by atoms with Gasteiger partial charge in [0.2, 0.25) is 5.91 Å². The Morgan fingerprint density at radius 2 is 1.92 bits per heavy atom. The zero-order valence-electron chi connectivity index (χ0n) is 21.7. The molecule has 0 radical (unpaired) electrons. The van der Waals surface area contributed by atoms with Crippen LogP contribution in [0, 0.1) is 6.92 Å². The predicted molar refractivity (Wildman–Crippen MR) is 155 cm³/mol. The van der Waals surface area contributed by atoms with Gasteiger partial charge in [-0.25, -0.2) is 4.79 Å². The average molecular weight is 567 g/mol. The van der Waals surface area contributed by atoms with E-state index in [2.05, 4.69) is 51.4 Å². The lowest BCUT2D eigenvalue weighted by Gasteiger charge is -2.12. The standard InChI is InChI=1S/C28H30N4O3S3/c1-4-32-25(20-15-36-17(3)23(20)18-11-7-6-8-12-18)30-31-28(32)37-16-22(33)29-26-24(27(34)35-5-2)19-13-9-10-14-21(19)38-26/h6-8,11-12,15H,4-5,9-10,13-14,16H2,1-3H3,(H,29,33). The lowest BCUT2D eigenvalue weighted by atomic mass is 9.95. The van der Waals surface area contributed by atoms with E-state index in [9.17, 15) is 9.59 Å². The van der Waals surface area contributed by atoms with Gasteiger partial charge in [0.05, 0.1) is 17.9 Å². The number of benzene rings is 1. The van der Waals surface area contributed by atoms with E-state index in [4.69, 9.17) is 4.74 Å². The van der Waals surface area contributed by atoms with Gasteiger partial charge in [-0.05, 0) is 57.6 Å². The van der Waals surface area contributed by atoms with Crippen LogP contribution in [0.3, 0.4) is 0 Å². The number of nitrogens with one attached hydrogen (secondary N) is 1. The third kappa shape index (κ3) is 5.30. The molecule has 198 valence electrons. The van der Waals surface area contributed by atoms with Crippen molar-refractivity contribution in [3.05, 3.63) is 56.6 Å². The summed E-state index contributed by atoms with van der Waals surface area (Å²) >= 11 is 4.55. The van der Waals surface area contributed by atoms with Crippen molar-refractivity contribution in [2.75, 3.05) is 17.7 Å². The van der Waals surface area contributed by atoms with Crippen molar-refractivity contribution < 1.29 is 14.3 Å². The second kappa shape index (κ2) is 11.8. The van der Waals surface area contributed by atoms with Crippen LogP contribution in [-0.2, 0) is 28.9 Å². The molecule has 0 saturated heterocycles. The molecule has 3 heterocycles. The number of esters is 1. The number of amides is 1. The van der Waals surface area contributed by atoms with Crippen LogP contribution < -0.4 is 5.32 Å². The second-order valence-corrected chi connectivity index (χ2v) is 12.1. The summed E-state index contributed by atoms with van der Waals surface area (Å²) in [6, 6.07) is 10.3. The van der Waals surface area contributed by atoms with Gasteiger partial charge in [-0.15, -0.1) is 32.9 Å². The maximum atomic E-state index is 13.0. The van der Waals surface area contributed by atoms with Gasteiger partial charge in [-0.1, -0.05) is 42.1 Å². The molecule has 10 heteroatoms. The summed E-state index contributed by atoms with van der Waals surface area (Å²) in [4.78, 5) is 28.1. The minimum atomic E-state index is -0.356. The van der Waals surface area contributed by atoms with Gasteiger partial charge in [0.15, 0.2) is 11.0 Å². The molecule has 3 aromatic heterocycles. The van der Waals surface area contributed by atoms with Gasteiger partial charge in [0, 0.05) is 32.8 Å². The summed E-state index contributed by atoms with van der Waals surface area (Å²) in [5.41, 5.74) is 4.94. The third-order valence-electron chi connectivity index (χ3n) is 6.55. The minimum absolute atomic E-state index is 0.164. The number of aromatic nitrogens is 3. The van der Waals surface area contributed by atoms with Crippen LogP contribution in [0.25, 0.3) is 22.5 Å². The van der Waals surface area contributed by atoms with Crippen molar-refractivity contribution in [3.63, 3.8) is 0 Å². The van der Waals surface area contributed by atoms with Crippen LogP contribution in [0.5, 0.6) is 0 Å². The van der Waals surface area contributed by atoms with Crippen LogP contribution in [0.4, 0.5) is 5.00 Å². The number of carbonyl (C=O) groups excluding carboxylic acids is 2. The molecule has 0 atom stereocenters. The van der Waals surface area contributed by atoms with Crippen molar-refractivity contribution in [2.24, 2.45) is 0 Å². The van der Waals surface area contributed by atoms with Crippen molar-refractivity contribution in [1.29, 1.82) is 0 Å². The summed E-state index contributed by atoms with van der Waals surface area (Å²) in [5, 5.41) is 15.4. The number of hydrogen-bond donors (Lipinski definition) is 1. The smallest absolute Gasteiger partial charge is 0.341 e. The van der Waals surface area contributed by atoms with Gasteiger partial charge >= 0.3 is 5.97 Å². The first kappa shape index (κ1) is 26.6. The van der Waals surface area contributed by atoms with Gasteiger partial charge in [-0.2, -0.15) is 0 Å². The number of aryl methyl sites for hydroxylation is 2. The van der Waals surface area contributed by atoms with E-state index in [1.165, 1.54) is 38.4 Å². The maximum absolute atomic E-state index is 13.0. The highest BCUT2D eigenvalue weighted by molar-refractivity contribution is 7.99. The van der Waals surface area contributed by atoms with E-state index < -0.39 is 0 Å². The Morgan fingerprint density at radius 1 is 1.13 bits per heavy atom. The highest BCUT2D eigenvalue weighted by Crippen LogP contribution is 2.40. The molecule has 4 aromatic rings. The van der Waals surface area contributed by atoms with E-state index in [0.717, 1.165) is 48.2 Å². The molecule has 1 N–H and O–H groups in total. The Kier molecular flexibility index (Phi) is 8.30. The number of carbonyl (C=O) groups is 2. The van der Waals surface area contributed by atoms with E-state index >= 15 is 0 Å². The lowest BCUT2D eigenvalue weighted by molar-refractivity contribution is -0.113. The predicted octanol–water partition coefficient (Wildman–Crippen LogP) is 6.85. The van der Waals surface area contributed by atoms with Crippen molar-refractivity contribution >= 4 is 51.3 Å². The molecule has 1 amide bonds. The highest BCUT2D eigenvalue weighted by atomic mass is 32.2. The molecule has 0 fully saturated rings. The van der Waals surface area contributed by atoms with Crippen molar-refractivity contribution in [1.82, 2.24) is 14.8 Å². The lowest BCUT2D eigenvalue weighted by Crippen LogP contribution is -2.17. The molecule has 7 nitrogen and oxygen atoms in total. The number of rotatable bonds is 9. The highest BCUT2D eigenvalue weighted by Gasteiger charge is 2.27. The summed E-state index contributed by atoms with van der Waals surface area (Å²) in [5.74, 6) is 0.430. The largest absolute Gasteiger partial charge is 0.462 e. The summed E-state index contributed by atoms with van der Waals surface area (Å²) in [7, 11) is 0. The monoisotopic (exact) mass is 566 g/mol. The fraction of sp³-hybridized carbons (Fsp3) is 0.357. The Bertz CT molecular complexity index is 1460. The quantitative estimate of drug-likeness (QED) is 0.176. The zero-order chi connectivity index (χ0) is 26.6. The molecular weight excluding hydrogens is 537 g/mol. The SMILES string of the molecule is CCOC(=O)c1c(NC(=O)CSc2nnc(-c3csc(C)c3-c3ccccc3)n2CC)sc2c1CCCC2. The Morgan fingerprint density at radius 3 is 2.68 bits per heavy atom. The number of ether oxygens (including phenoxy) is 1. The average Bonchev–Trinajstić information content (AvgIpc) is 3.62. The Labute approximate surface area is 234 Å². The van der Waals surface area contributed by atoms with E-state index in [1.54, 1.807) is 18.3 Å². The van der Waals surface area contributed by atoms with Crippen LogP contribution in [0.1, 0.15) is 52.4 Å². The van der Waals surface area contributed by atoms with Gasteiger partial charge in [0.25, 0.3) is 0 Å². The Balaban J connectivity index is 1.34. The van der Waals surface area contributed by atoms with Gasteiger partial charge in [0.1, 0.15) is 5.00 Å². The van der Waals surface area contributed by atoms with Gasteiger partial charge < -0.3 is 14.6 Å². The number of nitrogens with zero attached hydrogens (tertiary/aromatic N) is 3. The van der Waals surface area contributed by atoms with Crippen LogP contribution >= 0.6 is 34.4 Å². The number of anilines is 1. The molecule has 1 aliphatic carbocycles. The topological polar surface area (TPSA) is 86.1 Å². The molecule has 0 spiro atoms. The molecule has 1 aromatic carbocycles. The van der Waals surface area contributed by atoms with E-state index in [0.29, 0.717) is 28.9 Å². The molecule has 0 saturated carbocycles. The normalized spacial score (nSPS) is 12.8. The van der Waals surface area contributed by atoms with Crippen LogP contribution in [-0.4, -0.2) is 39.0 Å². The number of fused-ring (bicyclic) bond motifs is 1. The first-order valence-corrected chi connectivity index (χ1v) is 15.5. The molecule has 38 heavy (non-hydrogen) atoms. The second-order valence-electron chi connectivity index (χ2n) is 8.97. The third-order valence-corrected chi connectivity index (χ3v) is 9.63. The molecular formula is C28H30N4O3S3.